The Bertz CT molecular complexity index is 599. The number of halogens is 1. The molecule has 7 heteroatoms. The number of rotatable bonds is 4. The van der Waals surface area contributed by atoms with Crippen LogP contribution in [0.2, 0.25) is 5.02 Å². The molecule has 3 rings (SSSR count). The Morgan fingerprint density at radius 2 is 1.84 bits per heavy atom. The lowest BCUT2D eigenvalue weighted by molar-refractivity contribution is -0.140. The zero-order chi connectivity index (χ0) is 17.8. The fourth-order valence-corrected chi connectivity index (χ4v) is 3.63. The number of nitrogens with zero attached hydrogens (tertiary/aromatic N) is 3. The van der Waals surface area contributed by atoms with Crippen molar-refractivity contribution < 1.29 is 14.3 Å². The van der Waals surface area contributed by atoms with Crippen LogP contribution in [0.15, 0.2) is 18.2 Å². The van der Waals surface area contributed by atoms with E-state index in [1.54, 1.807) is 7.11 Å². The number of carbonyl (C=O) groups excluding carboxylic acids is 1. The molecule has 138 valence electrons. The van der Waals surface area contributed by atoms with E-state index < -0.39 is 0 Å². The average molecular weight is 368 g/mol. The summed E-state index contributed by atoms with van der Waals surface area (Å²) in [6, 6.07) is 5.58. The minimum Gasteiger partial charge on any atom is -0.495 e. The van der Waals surface area contributed by atoms with E-state index in [4.69, 9.17) is 21.1 Å². The second-order valence-corrected chi connectivity index (χ2v) is 6.89. The van der Waals surface area contributed by atoms with Crippen molar-refractivity contribution in [3.8, 4) is 5.75 Å². The minimum atomic E-state index is -0.0958. The van der Waals surface area contributed by atoms with E-state index in [1.165, 1.54) is 0 Å². The molecule has 2 fully saturated rings. The highest BCUT2D eigenvalue weighted by Crippen LogP contribution is 2.32. The Labute approximate surface area is 154 Å². The topological polar surface area (TPSA) is 45.2 Å². The third kappa shape index (κ3) is 4.19. The number of hydrogen-bond donors (Lipinski definition) is 0. The summed E-state index contributed by atoms with van der Waals surface area (Å²) in [6.07, 6.45) is 0. The summed E-state index contributed by atoms with van der Waals surface area (Å²) in [5.41, 5.74) is 1.02. The van der Waals surface area contributed by atoms with Gasteiger partial charge in [0.1, 0.15) is 5.75 Å². The van der Waals surface area contributed by atoms with Gasteiger partial charge in [-0.15, -0.1) is 0 Å². The standard InChI is InChI=1S/C18H26ClN3O3/c1-14(18(23)22-9-11-25-12-10-22)20-5-7-21(8-6-20)16-13-15(19)3-4-17(16)24-2/h3-4,13-14H,5-12H2,1-2H3/t14-/m0/s1. The van der Waals surface area contributed by atoms with Gasteiger partial charge in [-0.2, -0.15) is 0 Å². The van der Waals surface area contributed by atoms with Crippen molar-refractivity contribution >= 4 is 23.2 Å². The summed E-state index contributed by atoms with van der Waals surface area (Å²) >= 11 is 6.15. The highest BCUT2D eigenvalue weighted by Gasteiger charge is 2.30. The molecule has 0 spiro atoms. The minimum absolute atomic E-state index is 0.0958. The zero-order valence-corrected chi connectivity index (χ0v) is 15.7. The number of methoxy groups -OCH3 is 1. The molecular weight excluding hydrogens is 342 g/mol. The van der Waals surface area contributed by atoms with E-state index in [2.05, 4.69) is 9.80 Å². The fourth-order valence-electron chi connectivity index (χ4n) is 3.46. The van der Waals surface area contributed by atoms with E-state index >= 15 is 0 Å². The summed E-state index contributed by atoms with van der Waals surface area (Å²) in [5, 5.41) is 0.703. The third-order valence-electron chi connectivity index (χ3n) is 5.02. The van der Waals surface area contributed by atoms with Gasteiger partial charge < -0.3 is 19.3 Å². The highest BCUT2D eigenvalue weighted by atomic mass is 35.5. The molecule has 1 aromatic carbocycles. The first-order chi connectivity index (χ1) is 12.1. The molecule has 0 bridgehead atoms. The molecule has 25 heavy (non-hydrogen) atoms. The van der Waals surface area contributed by atoms with Crippen LogP contribution < -0.4 is 9.64 Å². The molecule has 0 unspecified atom stereocenters. The van der Waals surface area contributed by atoms with Crippen LogP contribution in [0.5, 0.6) is 5.75 Å². The van der Waals surface area contributed by atoms with Gasteiger partial charge in [0, 0.05) is 44.3 Å². The van der Waals surface area contributed by atoms with Crippen molar-refractivity contribution in [3.05, 3.63) is 23.2 Å². The monoisotopic (exact) mass is 367 g/mol. The highest BCUT2D eigenvalue weighted by molar-refractivity contribution is 6.30. The van der Waals surface area contributed by atoms with Gasteiger partial charge in [0.25, 0.3) is 0 Å². The van der Waals surface area contributed by atoms with Crippen molar-refractivity contribution in [2.24, 2.45) is 0 Å². The van der Waals surface area contributed by atoms with Gasteiger partial charge in [-0.25, -0.2) is 0 Å². The van der Waals surface area contributed by atoms with E-state index in [0.29, 0.717) is 31.3 Å². The van der Waals surface area contributed by atoms with Crippen molar-refractivity contribution in [1.29, 1.82) is 0 Å². The Morgan fingerprint density at radius 3 is 2.48 bits per heavy atom. The number of amides is 1. The lowest BCUT2D eigenvalue weighted by atomic mass is 10.1. The van der Waals surface area contributed by atoms with E-state index in [-0.39, 0.29) is 11.9 Å². The van der Waals surface area contributed by atoms with Gasteiger partial charge in [0.15, 0.2) is 0 Å². The Balaban J connectivity index is 1.60. The van der Waals surface area contributed by atoms with Crippen LogP contribution in [0.1, 0.15) is 6.92 Å². The van der Waals surface area contributed by atoms with Crippen molar-refractivity contribution in [2.45, 2.75) is 13.0 Å². The van der Waals surface area contributed by atoms with Gasteiger partial charge in [-0.05, 0) is 25.1 Å². The number of benzene rings is 1. The van der Waals surface area contributed by atoms with Crippen LogP contribution in [-0.4, -0.2) is 81.3 Å². The molecule has 2 aliphatic rings. The van der Waals surface area contributed by atoms with Gasteiger partial charge in [-0.1, -0.05) is 11.6 Å². The number of piperazine rings is 1. The van der Waals surface area contributed by atoms with Crippen molar-refractivity contribution in [3.63, 3.8) is 0 Å². The van der Waals surface area contributed by atoms with Crippen LogP contribution in [0.3, 0.4) is 0 Å². The second-order valence-electron chi connectivity index (χ2n) is 6.45. The third-order valence-corrected chi connectivity index (χ3v) is 5.26. The predicted molar refractivity (Wildman–Crippen MR) is 98.7 cm³/mol. The smallest absolute Gasteiger partial charge is 0.239 e. The summed E-state index contributed by atoms with van der Waals surface area (Å²) in [5.74, 6) is 1.03. The summed E-state index contributed by atoms with van der Waals surface area (Å²) in [7, 11) is 1.67. The Morgan fingerprint density at radius 1 is 1.16 bits per heavy atom. The second kappa shape index (κ2) is 8.25. The van der Waals surface area contributed by atoms with Crippen LogP contribution in [0, 0.1) is 0 Å². The first-order valence-electron chi connectivity index (χ1n) is 8.79. The largest absolute Gasteiger partial charge is 0.495 e. The first kappa shape index (κ1) is 18.3. The van der Waals surface area contributed by atoms with Gasteiger partial charge >= 0.3 is 0 Å². The van der Waals surface area contributed by atoms with Gasteiger partial charge in [0.2, 0.25) is 5.91 Å². The molecule has 0 saturated carbocycles. The quantitative estimate of drug-likeness (QED) is 0.810. The van der Waals surface area contributed by atoms with E-state index in [1.807, 2.05) is 30.0 Å². The number of morpholine rings is 1. The maximum absolute atomic E-state index is 12.7. The number of anilines is 1. The molecule has 2 saturated heterocycles. The molecule has 6 nitrogen and oxygen atoms in total. The zero-order valence-electron chi connectivity index (χ0n) is 14.9. The lowest BCUT2D eigenvalue weighted by Gasteiger charge is -2.40. The lowest BCUT2D eigenvalue weighted by Crippen LogP contribution is -2.56. The molecular formula is C18H26ClN3O3. The molecule has 1 aromatic rings. The van der Waals surface area contributed by atoms with Crippen LogP contribution in [0.4, 0.5) is 5.69 Å². The summed E-state index contributed by atoms with van der Waals surface area (Å²) in [4.78, 5) is 19.1. The molecule has 0 aliphatic carbocycles. The van der Waals surface area contributed by atoms with Gasteiger partial charge in [-0.3, -0.25) is 9.69 Å². The Kier molecular flexibility index (Phi) is 6.04. The summed E-state index contributed by atoms with van der Waals surface area (Å²) < 4.78 is 10.8. The maximum atomic E-state index is 12.7. The number of carbonyl (C=O) groups is 1. The average Bonchev–Trinajstić information content (AvgIpc) is 2.67. The molecule has 2 heterocycles. The fraction of sp³-hybridized carbons (Fsp3) is 0.611. The maximum Gasteiger partial charge on any atom is 0.239 e. The molecule has 0 N–H and O–H groups in total. The van der Waals surface area contributed by atoms with Crippen LogP contribution >= 0.6 is 11.6 Å². The van der Waals surface area contributed by atoms with E-state index in [0.717, 1.165) is 37.6 Å². The normalized spacial score (nSPS) is 20.4. The first-order valence-corrected chi connectivity index (χ1v) is 9.17. The van der Waals surface area contributed by atoms with Crippen molar-refractivity contribution in [1.82, 2.24) is 9.80 Å². The summed E-state index contributed by atoms with van der Waals surface area (Å²) in [6.45, 7) is 8.05. The number of ether oxygens (including phenoxy) is 2. The molecule has 1 amide bonds. The van der Waals surface area contributed by atoms with E-state index in [9.17, 15) is 4.79 Å². The molecule has 1 atom stereocenters. The Hall–Kier alpha value is -1.50. The van der Waals surface area contributed by atoms with Crippen LogP contribution in [0.25, 0.3) is 0 Å². The number of hydrogen-bond acceptors (Lipinski definition) is 5. The molecule has 0 radical (unpaired) electrons. The van der Waals surface area contributed by atoms with Crippen LogP contribution in [-0.2, 0) is 9.53 Å². The molecule has 0 aromatic heterocycles. The SMILES string of the molecule is COc1ccc(Cl)cc1N1CCN([C@@H](C)C(=O)N2CCOCC2)CC1. The predicted octanol–water partition coefficient (Wildman–Crippen LogP) is 1.72. The van der Waals surface area contributed by atoms with Gasteiger partial charge in [0.05, 0.1) is 32.1 Å². The molecule has 2 aliphatic heterocycles. The van der Waals surface area contributed by atoms with Crippen molar-refractivity contribution in [2.75, 3.05) is 64.5 Å².